The van der Waals surface area contributed by atoms with E-state index in [1.54, 1.807) is 22.3 Å². The maximum Gasteiger partial charge on any atom is 4.00 e. The molecule has 0 saturated heterocycles. The predicted molar refractivity (Wildman–Crippen MR) is 131 cm³/mol. The molecule has 2 aromatic carbocycles. The van der Waals surface area contributed by atoms with Crippen LogP contribution >= 0.6 is 0 Å². The standard InChI is InChI=1S/2C14H15.C2H4.2ClH.Zr/c2*1-10-6-7-12-9-11-4-2-3-5-13(11)14(12)8-10;1-2;;;/h2*2-5,7,10H,6,8-9H2,1H3;1-2H2;2*1H;/q2*-1;;;;+4/p-2. The van der Waals surface area contributed by atoms with E-state index in [9.17, 15) is 0 Å². The first-order chi connectivity index (χ1) is 14.7. The van der Waals surface area contributed by atoms with Crippen molar-refractivity contribution < 1.29 is 51.0 Å². The molecular formula is C30H34Cl2Zr. The largest absolute Gasteiger partial charge is 4.00 e. The maximum absolute atomic E-state index is 3.00. The summed E-state index contributed by atoms with van der Waals surface area (Å²) in [6.45, 7) is 10.7. The van der Waals surface area contributed by atoms with E-state index in [0.717, 1.165) is 11.8 Å². The number of allylic oxidation sites excluding steroid dienone is 4. The van der Waals surface area contributed by atoms with Crippen LogP contribution < -0.4 is 24.8 Å². The molecule has 0 saturated carbocycles. The van der Waals surface area contributed by atoms with Crippen LogP contribution in [0.2, 0.25) is 0 Å². The molecule has 0 heterocycles. The fraction of sp³-hybridized carbons (Fsp3) is 0.333. The second-order valence-electron chi connectivity index (χ2n) is 9.17. The number of hydrogen-bond acceptors (Lipinski definition) is 0. The van der Waals surface area contributed by atoms with Crippen LogP contribution in [0.4, 0.5) is 0 Å². The number of fused-ring (bicyclic) bond motifs is 4. The van der Waals surface area contributed by atoms with Crippen LogP contribution in [0.1, 0.15) is 61.8 Å². The number of halogens is 2. The summed E-state index contributed by atoms with van der Waals surface area (Å²) >= 11 is 0. The number of hydrogen-bond donors (Lipinski definition) is 0. The smallest absolute Gasteiger partial charge is 1.00 e. The van der Waals surface area contributed by atoms with E-state index in [1.165, 1.54) is 60.8 Å². The Hall–Kier alpha value is -1.14. The average molecular weight is 557 g/mol. The van der Waals surface area contributed by atoms with Crippen molar-refractivity contribution in [3.05, 3.63) is 108 Å². The van der Waals surface area contributed by atoms with E-state index in [2.05, 4.69) is 88.4 Å². The molecule has 0 nitrogen and oxygen atoms in total. The zero-order valence-electron chi connectivity index (χ0n) is 19.8. The van der Waals surface area contributed by atoms with Crippen molar-refractivity contribution in [2.75, 3.05) is 0 Å². The van der Waals surface area contributed by atoms with Crippen molar-refractivity contribution in [2.45, 2.75) is 52.4 Å². The minimum Gasteiger partial charge on any atom is -1.00 e. The van der Waals surface area contributed by atoms with E-state index in [0.29, 0.717) is 0 Å². The molecule has 2 unspecified atom stereocenters. The second kappa shape index (κ2) is 13.7. The van der Waals surface area contributed by atoms with E-state index >= 15 is 0 Å². The molecule has 2 atom stereocenters. The molecule has 0 aromatic heterocycles. The normalized spacial score (nSPS) is 20.7. The van der Waals surface area contributed by atoms with Gasteiger partial charge in [-0.2, -0.15) is 11.1 Å². The molecular weight excluding hydrogens is 522 g/mol. The summed E-state index contributed by atoms with van der Waals surface area (Å²) in [5.41, 5.74) is 12.5. The SMILES string of the molecule is C=C.CC1C[CH-]C2=C(C1)c1ccccc1C2.CC1C[CH-]C2=C(C1)c1ccccc1C2.[Cl-].[Cl-].[Zr+4]. The monoisotopic (exact) mass is 554 g/mol. The third-order valence-electron chi connectivity index (χ3n) is 6.86. The Morgan fingerprint density at radius 3 is 1.42 bits per heavy atom. The van der Waals surface area contributed by atoms with Crippen molar-refractivity contribution in [1.82, 2.24) is 0 Å². The van der Waals surface area contributed by atoms with Gasteiger partial charge in [0.25, 0.3) is 0 Å². The molecule has 6 rings (SSSR count). The molecule has 0 N–H and O–H groups in total. The summed E-state index contributed by atoms with van der Waals surface area (Å²) in [7, 11) is 0. The van der Waals surface area contributed by atoms with Crippen molar-refractivity contribution in [3.63, 3.8) is 0 Å². The zero-order valence-corrected chi connectivity index (χ0v) is 23.8. The summed E-state index contributed by atoms with van der Waals surface area (Å²) in [5.74, 6) is 1.67. The van der Waals surface area contributed by atoms with Crippen LogP contribution in [-0.2, 0) is 39.0 Å². The van der Waals surface area contributed by atoms with E-state index in [1.807, 2.05) is 0 Å². The van der Waals surface area contributed by atoms with E-state index in [4.69, 9.17) is 0 Å². The first-order valence-electron chi connectivity index (χ1n) is 11.5. The molecule has 172 valence electrons. The van der Waals surface area contributed by atoms with Crippen LogP contribution in [0.25, 0.3) is 11.1 Å². The molecule has 33 heavy (non-hydrogen) atoms. The molecule has 4 aliphatic carbocycles. The van der Waals surface area contributed by atoms with Gasteiger partial charge >= 0.3 is 26.2 Å². The minimum atomic E-state index is 0. The molecule has 0 radical (unpaired) electrons. The minimum absolute atomic E-state index is 0. The van der Waals surface area contributed by atoms with Gasteiger partial charge in [-0.3, -0.25) is 0 Å². The van der Waals surface area contributed by atoms with Gasteiger partial charge in [0.2, 0.25) is 0 Å². The Kier molecular flexibility index (Phi) is 12.4. The molecule has 2 aromatic rings. The maximum atomic E-state index is 3.00. The van der Waals surface area contributed by atoms with Crippen LogP contribution in [-0.4, -0.2) is 0 Å². The fourth-order valence-electron chi connectivity index (χ4n) is 5.33. The van der Waals surface area contributed by atoms with Crippen LogP contribution in [0.5, 0.6) is 0 Å². The summed E-state index contributed by atoms with van der Waals surface area (Å²) in [4.78, 5) is 0. The second-order valence-corrected chi connectivity index (χ2v) is 9.17. The Bertz CT molecular complexity index is 909. The number of rotatable bonds is 0. The van der Waals surface area contributed by atoms with Crippen molar-refractivity contribution in [2.24, 2.45) is 11.8 Å². The van der Waals surface area contributed by atoms with Gasteiger partial charge in [0, 0.05) is 0 Å². The summed E-state index contributed by atoms with van der Waals surface area (Å²) < 4.78 is 0. The van der Waals surface area contributed by atoms with Crippen molar-refractivity contribution in [1.29, 1.82) is 0 Å². The Labute approximate surface area is 233 Å². The third-order valence-corrected chi connectivity index (χ3v) is 6.86. The average Bonchev–Trinajstić information content (AvgIpc) is 3.33. The van der Waals surface area contributed by atoms with Crippen LogP contribution in [0, 0.1) is 24.7 Å². The number of benzene rings is 2. The molecule has 0 bridgehead atoms. The Balaban J connectivity index is 0.000000283. The van der Waals surface area contributed by atoms with Gasteiger partial charge in [-0.05, 0) is 12.8 Å². The topological polar surface area (TPSA) is 0 Å². The van der Waals surface area contributed by atoms with Gasteiger partial charge in [-0.25, -0.2) is 24.0 Å². The van der Waals surface area contributed by atoms with Gasteiger partial charge < -0.3 is 24.8 Å². The Morgan fingerprint density at radius 2 is 1.03 bits per heavy atom. The first-order valence-corrected chi connectivity index (χ1v) is 11.5. The van der Waals surface area contributed by atoms with Crippen LogP contribution in [0.15, 0.2) is 72.8 Å². The van der Waals surface area contributed by atoms with Gasteiger partial charge in [0.15, 0.2) is 0 Å². The Morgan fingerprint density at radius 1 is 0.667 bits per heavy atom. The van der Waals surface area contributed by atoms with Crippen molar-refractivity contribution >= 4 is 11.1 Å². The molecule has 0 aliphatic heterocycles. The predicted octanol–water partition coefficient (Wildman–Crippen LogP) is 2.07. The molecule has 0 fully saturated rings. The fourth-order valence-corrected chi connectivity index (χ4v) is 5.33. The quantitative estimate of drug-likeness (QED) is 0.345. The molecule has 4 aliphatic rings. The summed E-state index contributed by atoms with van der Waals surface area (Å²) in [6, 6.07) is 17.7. The first kappa shape index (κ1) is 29.9. The molecule has 3 heteroatoms. The summed E-state index contributed by atoms with van der Waals surface area (Å²) in [6.07, 6.45) is 12.4. The van der Waals surface area contributed by atoms with Crippen LogP contribution in [0.3, 0.4) is 0 Å². The summed E-state index contributed by atoms with van der Waals surface area (Å²) in [5, 5.41) is 0. The molecule has 0 spiro atoms. The third kappa shape index (κ3) is 6.51. The van der Waals surface area contributed by atoms with E-state index in [-0.39, 0.29) is 51.0 Å². The van der Waals surface area contributed by atoms with E-state index < -0.39 is 0 Å². The van der Waals surface area contributed by atoms with Gasteiger partial charge in [-0.15, -0.1) is 24.3 Å². The van der Waals surface area contributed by atoms with Gasteiger partial charge in [0.05, 0.1) is 0 Å². The zero-order chi connectivity index (χ0) is 21.1. The van der Waals surface area contributed by atoms with Crippen molar-refractivity contribution in [3.8, 4) is 0 Å². The van der Waals surface area contributed by atoms with Gasteiger partial charge in [-0.1, -0.05) is 111 Å². The van der Waals surface area contributed by atoms with Gasteiger partial charge in [0.1, 0.15) is 0 Å². The molecule has 0 amide bonds.